The topological polar surface area (TPSA) is 73.6 Å². The van der Waals surface area contributed by atoms with Crippen LogP contribution in [0.15, 0.2) is 42.5 Å². The van der Waals surface area contributed by atoms with Crippen molar-refractivity contribution >= 4 is 17.4 Å². The lowest BCUT2D eigenvalue weighted by atomic mass is 9.71. The minimum atomic E-state index is -0.0503. The van der Waals surface area contributed by atoms with E-state index in [1.165, 1.54) is 0 Å². The van der Waals surface area contributed by atoms with Crippen LogP contribution in [0.1, 0.15) is 69.3 Å². The van der Waals surface area contributed by atoms with Gasteiger partial charge < -0.3 is 9.84 Å². The fourth-order valence-electron chi connectivity index (χ4n) is 5.41. The summed E-state index contributed by atoms with van der Waals surface area (Å²) in [5, 5.41) is 18.9. The Morgan fingerprint density at radius 1 is 1.15 bits per heavy atom. The summed E-state index contributed by atoms with van der Waals surface area (Å²) in [4.78, 5) is 15.6. The zero-order chi connectivity index (χ0) is 24.2. The highest BCUT2D eigenvalue weighted by Gasteiger charge is 2.45. The van der Waals surface area contributed by atoms with E-state index < -0.39 is 0 Å². The van der Waals surface area contributed by atoms with Gasteiger partial charge in [0.05, 0.1) is 10.6 Å². The van der Waals surface area contributed by atoms with Crippen LogP contribution in [-0.4, -0.2) is 40.0 Å². The number of nitrogens with zero attached hydrogens (tertiary/aromatic N) is 2. The molecule has 1 N–H and O–H groups in total. The first-order chi connectivity index (χ1) is 15.6. The molecule has 6 heteroatoms. The van der Waals surface area contributed by atoms with Crippen LogP contribution < -0.4 is 4.74 Å². The van der Waals surface area contributed by atoms with Gasteiger partial charge >= 0.3 is 0 Å². The Morgan fingerprint density at radius 2 is 1.82 bits per heavy atom. The van der Waals surface area contributed by atoms with Crippen molar-refractivity contribution in [2.24, 2.45) is 5.92 Å². The van der Waals surface area contributed by atoms with Crippen molar-refractivity contribution in [3.8, 4) is 17.6 Å². The van der Waals surface area contributed by atoms with E-state index in [2.05, 4.69) is 38.7 Å². The molecule has 176 valence electrons. The molecule has 1 heterocycles. The monoisotopic (exact) mass is 468 g/mol. The number of carbonyl (C=O) groups excluding carboxylic acids is 1. The second-order valence-electron chi connectivity index (χ2n) is 10.1. The number of benzene rings is 2. The van der Waals surface area contributed by atoms with Gasteiger partial charge in [-0.15, -0.1) is 0 Å². The van der Waals surface area contributed by atoms with Crippen LogP contribution in [0.5, 0.6) is 11.5 Å². The average Bonchev–Trinajstić information content (AvgIpc) is 2.74. The molecule has 1 saturated heterocycles. The maximum absolute atomic E-state index is 13.1. The molecule has 0 atom stereocenters. The zero-order valence-corrected chi connectivity index (χ0v) is 20.7. The van der Waals surface area contributed by atoms with Crippen molar-refractivity contribution in [1.29, 1.82) is 5.26 Å². The van der Waals surface area contributed by atoms with Crippen molar-refractivity contribution in [3.05, 3.63) is 58.6 Å². The minimum Gasteiger partial charge on any atom is -0.454 e. The van der Waals surface area contributed by atoms with Gasteiger partial charge in [0.25, 0.3) is 0 Å². The first-order valence-electron chi connectivity index (χ1n) is 11.5. The molecule has 0 saturated carbocycles. The molecule has 0 bridgehead atoms. The Morgan fingerprint density at radius 3 is 2.42 bits per heavy atom. The number of aliphatic hydroxyl groups is 1. The lowest BCUT2D eigenvalue weighted by Gasteiger charge is -2.55. The summed E-state index contributed by atoms with van der Waals surface area (Å²) >= 11 is 6.43. The number of ketones is 1. The van der Waals surface area contributed by atoms with E-state index in [1.807, 2.05) is 0 Å². The number of Topliss-reactive ketones (excluding diaryl/α,β-unsaturated/α-hetero) is 1. The maximum atomic E-state index is 13.1. The van der Waals surface area contributed by atoms with Crippen LogP contribution in [0.2, 0.25) is 5.02 Å². The van der Waals surface area contributed by atoms with Crippen molar-refractivity contribution < 1.29 is 14.6 Å². The fraction of sp³-hybridized carbons (Fsp3) is 0.481. The van der Waals surface area contributed by atoms with Crippen molar-refractivity contribution in [2.45, 2.75) is 64.5 Å². The van der Waals surface area contributed by atoms with Crippen LogP contribution in [0, 0.1) is 17.2 Å². The third-order valence-corrected chi connectivity index (χ3v) is 6.83. The van der Waals surface area contributed by atoms with Gasteiger partial charge in [0.2, 0.25) is 0 Å². The van der Waals surface area contributed by atoms with E-state index in [-0.39, 0.29) is 29.4 Å². The lowest BCUT2D eigenvalue weighted by Crippen LogP contribution is -2.61. The fourth-order valence-corrected chi connectivity index (χ4v) is 5.63. The second-order valence-corrected chi connectivity index (χ2v) is 10.5. The summed E-state index contributed by atoms with van der Waals surface area (Å²) < 4.78 is 5.83. The van der Waals surface area contributed by atoms with Gasteiger partial charge in [-0.2, -0.15) is 5.26 Å². The van der Waals surface area contributed by atoms with Gasteiger partial charge in [0.15, 0.2) is 5.78 Å². The predicted octanol–water partition coefficient (Wildman–Crippen LogP) is 6.23. The molecule has 1 aliphatic heterocycles. The highest BCUT2D eigenvalue weighted by Crippen LogP contribution is 2.43. The largest absolute Gasteiger partial charge is 0.454 e. The normalized spacial score (nSPS) is 18.0. The van der Waals surface area contributed by atoms with Crippen molar-refractivity contribution in [2.75, 3.05) is 13.2 Å². The number of aliphatic hydroxyl groups excluding tert-OH is 1. The molecule has 2 aromatic carbocycles. The number of carbonyl (C=O) groups is 1. The molecule has 33 heavy (non-hydrogen) atoms. The van der Waals surface area contributed by atoms with Gasteiger partial charge in [-0.05, 0) is 83.2 Å². The molecule has 0 amide bonds. The molecule has 0 unspecified atom stereocenters. The summed E-state index contributed by atoms with van der Waals surface area (Å²) in [6.07, 6.45) is 3.07. The summed E-state index contributed by atoms with van der Waals surface area (Å²) in [7, 11) is 0. The van der Waals surface area contributed by atoms with Gasteiger partial charge in [-0.25, -0.2) is 0 Å². The molecular formula is C27H33ClN2O3. The van der Waals surface area contributed by atoms with Crippen LogP contribution in [-0.2, 0) is 0 Å². The van der Waals surface area contributed by atoms with Gasteiger partial charge in [-0.3, -0.25) is 9.69 Å². The van der Waals surface area contributed by atoms with E-state index in [0.29, 0.717) is 34.1 Å². The van der Waals surface area contributed by atoms with E-state index in [0.717, 1.165) is 25.8 Å². The molecular weight excluding hydrogens is 436 g/mol. The molecule has 0 aliphatic carbocycles. The van der Waals surface area contributed by atoms with E-state index in [4.69, 9.17) is 16.3 Å². The van der Waals surface area contributed by atoms with Gasteiger partial charge in [0.1, 0.15) is 17.6 Å². The van der Waals surface area contributed by atoms with Crippen molar-refractivity contribution in [3.63, 3.8) is 0 Å². The van der Waals surface area contributed by atoms with E-state index >= 15 is 0 Å². The zero-order valence-electron chi connectivity index (χ0n) is 19.9. The summed E-state index contributed by atoms with van der Waals surface area (Å²) in [6.45, 7) is 9.95. The smallest absolute Gasteiger partial charge is 0.163 e. The Balaban J connectivity index is 1.71. The number of likely N-dealkylation sites (tertiary alicyclic amines) is 1. The molecule has 3 rings (SSSR count). The Bertz CT molecular complexity index is 1020. The quantitative estimate of drug-likeness (QED) is 0.465. The number of hydrogen-bond donors (Lipinski definition) is 1. The molecule has 0 aromatic heterocycles. The van der Waals surface area contributed by atoms with Gasteiger partial charge in [0, 0.05) is 36.2 Å². The minimum absolute atomic E-state index is 0.0503. The SMILES string of the molecule is CC1(C)CC(CC(=O)c2ccc(Oc3ccccc3C#N)c(Cl)c2)CC(C)(C)N1CCCO. The number of piperidine rings is 1. The molecule has 5 nitrogen and oxygen atoms in total. The molecule has 1 aliphatic rings. The second kappa shape index (κ2) is 10.3. The summed E-state index contributed by atoms with van der Waals surface area (Å²) in [5.41, 5.74) is 0.889. The summed E-state index contributed by atoms with van der Waals surface area (Å²) in [5.74, 6) is 1.18. The molecule has 2 aromatic rings. The van der Waals surface area contributed by atoms with Crippen LogP contribution in [0.25, 0.3) is 0 Å². The lowest BCUT2D eigenvalue weighted by molar-refractivity contribution is -0.0535. The number of para-hydroxylation sites is 1. The standard InChI is InChI=1S/C27H33ClN2O3/c1-26(2)16-19(17-27(3,4)30(26)12-7-13-31)14-23(32)20-10-11-25(22(28)15-20)33-24-9-6-5-8-21(24)18-29/h5-6,8-11,15,19,31H,7,12-14,16-17H2,1-4H3. The maximum Gasteiger partial charge on any atom is 0.163 e. The van der Waals surface area contributed by atoms with Crippen LogP contribution >= 0.6 is 11.6 Å². The Hall–Kier alpha value is -2.39. The van der Waals surface area contributed by atoms with Crippen molar-refractivity contribution in [1.82, 2.24) is 4.90 Å². The van der Waals surface area contributed by atoms with Gasteiger partial charge in [-0.1, -0.05) is 23.7 Å². The number of halogens is 1. The van der Waals surface area contributed by atoms with Crippen LogP contribution in [0.3, 0.4) is 0 Å². The Labute approximate surface area is 201 Å². The number of nitriles is 1. The highest BCUT2D eigenvalue weighted by atomic mass is 35.5. The predicted molar refractivity (Wildman–Crippen MR) is 131 cm³/mol. The average molecular weight is 469 g/mol. The van der Waals surface area contributed by atoms with E-state index in [1.54, 1.807) is 42.5 Å². The first kappa shape index (κ1) is 25.2. The third-order valence-electron chi connectivity index (χ3n) is 6.53. The first-order valence-corrected chi connectivity index (χ1v) is 11.8. The molecule has 0 spiro atoms. The third kappa shape index (κ3) is 5.95. The highest BCUT2D eigenvalue weighted by molar-refractivity contribution is 6.32. The van der Waals surface area contributed by atoms with Crippen LogP contribution in [0.4, 0.5) is 0 Å². The molecule has 1 fully saturated rings. The van der Waals surface area contributed by atoms with E-state index in [9.17, 15) is 15.2 Å². The molecule has 0 radical (unpaired) electrons. The number of ether oxygens (including phenoxy) is 1. The summed E-state index contributed by atoms with van der Waals surface area (Å²) in [6, 6.07) is 14.1. The number of rotatable bonds is 8. The number of hydrogen-bond acceptors (Lipinski definition) is 5. The Kier molecular flexibility index (Phi) is 7.84.